The Morgan fingerprint density at radius 3 is 2.63 bits per heavy atom. The number of thiazole rings is 1. The van der Waals surface area contributed by atoms with E-state index in [1.54, 1.807) is 43.3 Å². The van der Waals surface area contributed by atoms with Crippen LogP contribution in [0.2, 0.25) is 0 Å². The molecule has 4 aromatic rings. The van der Waals surface area contributed by atoms with Crippen LogP contribution in [0.4, 0.5) is 19.6 Å². The lowest BCUT2D eigenvalue weighted by Crippen LogP contribution is -2.33. The van der Waals surface area contributed by atoms with Gasteiger partial charge in [-0.3, -0.25) is 0 Å². The maximum absolute atomic E-state index is 14.9. The number of fused-ring (bicyclic) bond motifs is 1. The first kappa shape index (κ1) is 23.1. The number of nitrogens with zero attached hydrogens (tertiary/aromatic N) is 1. The third-order valence-corrected chi connectivity index (χ3v) is 6.81. The molecule has 2 N–H and O–H groups in total. The minimum atomic E-state index is -0.700. The van der Waals surface area contributed by atoms with Gasteiger partial charge >= 0.3 is 11.9 Å². The predicted octanol–water partition coefficient (Wildman–Crippen LogP) is 5.73. The first-order valence-corrected chi connectivity index (χ1v) is 11.9. The molecule has 1 fully saturated rings. The Bertz CT molecular complexity index is 1450. The van der Waals surface area contributed by atoms with Gasteiger partial charge in [-0.2, -0.15) is 0 Å². The highest BCUT2D eigenvalue weighted by Gasteiger charge is 2.26. The van der Waals surface area contributed by atoms with Crippen molar-refractivity contribution in [3.8, 4) is 11.1 Å². The zero-order valence-electron chi connectivity index (χ0n) is 18.7. The Morgan fingerprint density at radius 1 is 1.09 bits per heavy atom. The molecular formula is C26H21F2N3O3S. The first-order valence-electron chi connectivity index (χ1n) is 11.1. The van der Waals surface area contributed by atoms with E-state index in [0.29, 0.717) is 38.5 Å². The number of aromatic nitrogens is 1. The topological polar surface area (TPSA) is 80.3 Å². The molecule has 9 heteroatoms. The van der Waals surface area contributed by atoms with E-state index in [1.165, 1.54) is 29.5 Å². The molecule has 1 aromatic heterocycles. The standard InChI is InChI=1S/C26H21F2N3O3S/c1-14-11-15(4-7-18(14)24(32)34-25(33)22-3-2-10-29-22)16-5-8-20(19(28)12-16)30-26-31-21-9-6-17(27)13-23(21)35-26/h4-9,11-13,22,29H,2-3,10H2,1H3,(H,30,31)/t22-/m0/s1. The van der Waals surface area contributed by atoms with Crippen LogP contribution in [0, 0.1) is 18.6 Å². The van der Waals surface area contributed by atoms with E-state index in [2.05, 4.69) is 15.6 Å². The van der Waals surface area contributed by atoms with Gasteiger partial charge in [-0.05, 0) is 79.4 Å². The van der Waals surface area contributed by atoms with Crippen molar-refractivity contribution in [3.63, 3.8) is 0 Å². The van der Waals surface area contributed by atoms with Crippen LogP contribution in [0.15, 0.2) is 54.6 Å². The molecule has 2 heterocycles. The summed E-state index contributed by atoms with van der Waals surface area (Å²) in [6.07, 6.45) is 1.52. The van der Waals surface area contributed by atoms with E-state index in [4.69, 9.17) is 4.74 Å². The monoisotopic (exact) mass is 493 g/mol. The molecule has 0 radical (unpaired) electrons. The summed E-state index contributed by atoms with van der Waals surface area (Å²) in [5.41, 5.74) is 3.10. The molecule has 0 bridgehead atoms. The molecule has 6 nitrogen and oxygen atoms in total. The molecule has 0 amide bonds. The van der Waals surface area contributed by atoms with E-state index in [-0.39, 0.29) is 17.1 Å². The molecule has 0 saturated carbocycles. The van der Waals surface area contributed by atoms with Crippen molar-refractivity contribution in [2.45, 2.75) is 25.8 Å². The van der Waals surface area contributed by atoms with Crippen LogP contribution in [-0.2, 0) is 9.53 Å². The number of halogens is 2. The summed E-state index contributed by atoms with van der Waals surface area (Å²) in [5, 5.41) is 6.41. The van der Waals surface area contributed by atoms with E-state index in [0.717, 1.165) is 13.0 Å². The number of nitrogens with one attached hydrogen (secondary N) is 2. The second-order valence-corrected chi connectivity index (χ2v) is 9.37. The number of carbonyl (C=O) groups is 2. The van der Waals surface area contributed by atoms with Crippen molar-refractivity contribution >= 4 is 44.3 Å². The van der Waals surface area contributed by atoms with Crippen LogP contribution in [0.3, 0.4) is 0 Å². The minimum Gasteiger partial charge on any atom is -0.388 e. The van der Waals surface area contributed by atoms with Gasteiger partial charge in [-0.25, -0.2) is 23.4 Å². The summed E-state index contributed by atoms with van der Waals surface area (Å²) in [6.45, 7) is 2.47. The maximum Gasteiger partial charge on any atom is 0.346 e. The molecule has 1 aliphatic heterocycles. The van der Waals surface area contributed by atoms with Crippen LogP contribution in [0.25, 0.3) is 21.3 Å². The van der Waals surface area contributed by atoms with Gasteiger partial charge in [0.1, 0.15) is 17.7 Å². The Kier molecular flexibility index (Phi) is 6.27. The molecule has 1 saturated heterocycles. The van der Waals surface area contributed by atoms with E-state index < -0.39 is 23.8 Å². The smallest absolute Gasteiger partial charge is 0.346 e. The summed E-state index contributed by atoms with van der Waals surface area (Å²) >= 11 is 1.23. The quantitative estimate of drug-likeness (QED) is 0.273. The molecule has 178 valence electrons. The summed E-state index contributed by atoms with van der Waals surface area (Å²) in [4.78, 5) is 28.9. The van der Waals surface area contributed by atoms with Gasteiger partial charge in [-0.15, -0.1) is 0 Å². The fourth-order valence-corrected chi connectivity index (χ4v) is 4.94. The Morgan fingerprint density at radius 2 is 1.89 bits per heavy atom. The van der Waals surface area contributed by atoms with Crippen molar-refractivity contribution in [2.24, 2.45) is 0 Å². The number of esters is 2. The van der Waals surface area contributed by atoms with Gasteiger partial charge in [0, 0.05) is 0 Å². The van der Waals surface area contributed by atoms with Crippen LogP contribution >= 0.6 is 11.3 Å². The van der Waals surface area contributed by atoms with E-state index >= 15 is 0 Å². The Hall–Kier alpha value is -3.69. The lowest BCUT2D eigenvalue weighted by atomic mass is 9.99. The molecule has 5 rings (SSSR count). The molecule has 35 heavy (non-hydrogen) atoms. The van der Waals surface area contributed by atoms with Crippen molar-refractivity contribution in [2.75, 3.05) is 11.9 Å². The fraction of sp³-hybridized carbons (Fsp3) is 0.192. The molecule has 0 unspecified atom stereocenters. The van der Waals surface area contributed by atoms with Crippen molar-refractivity contribution < 1.29 is 23.1 Å². The van der Waals surface area contributed by atoms with Crippen LogP contribution < -0.4 is 10.6 Å². The molecule has 3 aromatic carbocycles. The van der Waals surface area contributed by atoms with Crippen LogP contribution in [0.5, 0.6) is 0 Å². The Labute approximate surface area is 204 Å². The maximum atomic E-state index is 14.9. The van der Waals surface area contributed by atoms with Gasteiger partial charge in [0.2, 0.25) is 0 Å². The molecule has 0 aliphatic carbocycles. The number of hydrogen-bond donors (Lipinski definition) is 2. The normalized spacial score (nSPS) is 15.3. The lowest BCUT2D eigenvalue weighted by molar-refractivity contribution is -0.139. The molecule has 0 spiro atoms. The highest BCUT2D eigenvalue weighted by Crippen LogP contribution is 2.32. The number of anilines is 2. The van der Waals surface area contributed by atoms with Gasteiger partial charge in [0.05, 0.1) is 21.5 Å². The number of ether oxygens (including phenoxy) is 1. The number of carbonyl (C=O) groups excluding carboxylic acids is 2. The van der Waals surface area contributed by atoms with Gasteiger partial charge in [0.15, 0.2) is 5.13 Å². The van der Waals surface area contributed by atoms with Crippen LogP contribution in [0.1, 0.15) is 28.8 Å². The summed E-state index contributed by atoms with van der Waals surface area (Å²) < 4.78 is 34.0. The average Bonchev–Trinajstić information content (AvgIpc) is 3.50. The third kappa shape index (κ3) is 4.91. The minimum absolute atomic E-state index is 0.240. The number of aryl methyl sites for hydroxylation is 1. The van der Waals surface area contributed by atoms with Crippen LogP contribution in [-0.4, -0.2) is 29.5 Å². The number of rotatable bonds is 5. The highest BCUT2D eigenvalue weighted by molar-refractivity contribution is 7.22. The SMILES string of the molecule is Cc1cc(-c2ccc(Nc3nc4ccc(F)cc4s3)c(F)c2)ccc1C(=O)OC(=O)[C@@H]1CCCN1. The highest BCUT2D eigenvalue weighted by atomic mass is 32.1. The molecular weight excluding hydrogens is 472 g/mol. The largest absolute Gasteiger partial charge is 0.388 e. The van der Waals surface area contributed by atoms with Gasteiger partial charge in [-0.1, -0.05) is 29.5 Å². The fourth-order valence-electron chi connectivity index (χ4n) is 4.04. The van der Waals surface area contributed by atoms with Gasteiger partial charge in [0.25, 0.3) is 0 Å². The van der Waals surface area contributed by atoms with Crippen molar-refractivity contribution in [1.82, 2.24) is 10.3 Å². The second kappa shape index (κ2) is 9.52. The van der Waals surface area contributed by atoms with Gasteiger partial charge < -0.3 is 15.4 Å². The zero-order valence-corrected chi connectivity index (χ0v) is 19.5. The zero-order chi connectivity index (χ0) is 24.5. The van der Waals surface area contributed by atoms with E-state index in [9.17, 15) is 18.4 Å². The Balaban J connectivity index is 1.31. The van der Waals surface area contributed by atoms with E-state index in [1.807, 2.05) is 0 Å². The molecule has 1 atom stereocenters. The van der Waals surface area contributed by atoms with Crippen molar-refractivity contribution in [3.05, 3.63) is 77.4 Å². The number of hydrogen-bond acceptors (Lipinski definition) is 7. The summed E-state index contributed by atoms with van der Waals surface area (Å²) in [7, 11) is 0. The lowest BCUT2D eigenvalue weighted by Gasteiger charge is -2.12. The predicted molar refractivity (Wildman–Crippen MR) is 131 cm³/mol. The summed E-state index contributed by atoms with van der Waals surface area (Å²) in [6, 6.07) is 13.6. The summed E-state index contributed by atoms with van der Waals surface area (Å²) in [5.74, 6) is -2.10. The van der Waals surface area contributed by atoms with Crippen molar-refractivity contribution in [1.29, 1.82) is 0 Å². The molecule has 1 aliphatic rings. The second-order valence-electron chi connectivity index (χ2n) is 8.34. The average molecular weight is 494 g/mol. The third-order valence-electron chi connectivity index (χ3n) is 5.88. The number of benzene rings is 3. The first-order chi connectivity index (χ1) is 16.9.